The summed E-state index contributed by atoms with van der Waals surface area (Å²) in [7, 11) is 1.90. The molecule has 0 fully saturated rings. The summed E-state index contributed by atoms with van der Waals surface area (Å²) in [6.45, 7) is 7.21. The Morgan fingerprint density at radius 1 is 1.24 bits per heavy atom. The van der Waals surface area contributed by atoms with Crippen molar-refractivity contribution in [3.63, 3.8) is 0 Å². The minimum atomic E-state index is -0.279. The maximum Gasteiger partial charge on any atom is 0.176 e. The largest absolute Gasteiger partial charge is 0.351 e. The number of aryl methyl sites for hydroxylation is 1. The molecule has 1 N–H and O–H groups in total. The lowest BCUT2D eigenvalue weighted by Gasteiger charge is -2.26. The van der Waals surface area contributed by atoms with E-state index in [0.717, 1.165) is 11.1 Å². The molecule has 0 radical (unpaired) electrons. The highest BCUT2D eigenvalue weighted by Gasteiger charge is 2.22. The second kappa shape index (κ2) is 7.37. The third-order valence-electron chi connectivity index (χ3n) is 2.50. The van der Waals surface area contributed by atoms with Gasteiger partial charge in [-0.1, -0.05) is 6.07 Å². The summed E-state index contributed by atoms with van der Waals surface area (Å²) in [5, 5.41) is 3.23. The first-order valence-corrected chi connectivity index (χ1v) is 6.04. The molecule has 0 aliphatic rings. The number of nitrogens with one attached hydrogen (secondary N) is 1. The fourth-order valence-corrected chi connectivity index (χ4v) is 1.78. The van der Waals surface area contributed by atoms with Crippen LogP contribution in [0.25, 0.3) is 0 Å². The van der Waals surface area contributed by atoms with Crippen LogP contribution in [0.1, 0.15) is 31.0 Å². The lowest BCUT2D eigenvalue weighted by atomic mass is 10.1. The minimum Gasteiger partial charge on any atom is -0.351 e. The van der Waals surface area contributed by atoms with Gasteiger partial charge in [-0.25, -0.2) is 0 Å². The van der Waals surface area contributed by atoms with Crippen LogP contribution in [0.2, 0.25) is 0 Å². The van der Waals surface area contributed by atoms with Crippen LogP contribution in [-0.4, -0.2) is 31.5 Å². The molecule has 0 amide bonds. The zero-order valence-corrected chi connectivity index (χ0v) is 11.1. The molecule has 17 heavy (non-hydrogen) atoms. The first kappa shape index (κ1) is 14.1. The van der Waals surface area contributed by atoms with Crippen LogP contribution in [0, 0.1) is 6.92 Å². The molecule has 0 aliphatic heterocycles. The van der Waals surface area contributed by atoms with Gasteiger partial charge in [0.05, 0.1) is 6.04 Å². The maximum absolute atomic E-state index is 5.62. The number of hydrogen-bond acceptors (Lipinski definition) is 4. The van der Waals surface area contributed by atoms with E-state index in [4.69, 9.17) is 9.47 Å². The molecule has 1 aromatic heterocycles. The van der Waals surface area contributed by atoms with Crippen molar-refractivity contribution in [2.24, 2.45) is 0 Å². The van der Waals surface area contributed by atoms with Gasteiger partial charge in [0.2, 0.25) is 0 Å². The summed E-state index contributed by atoms with van der Waals surface area (Å²) < 4.78 is 11.2. The number of nitrogens with zero attached hydrogens (tertiary/aromatic N) is 1. The summed E-state index contributed by atoms with van der Waals surface area (Å²) in [5.41, 5.74) is 2.22. The molecule has 1 rings (SSSR count). The average Bonchev–Trinajstić information content (AvgIpc) is 2.31. The Balaban J connectivity index is 2.87. The van der Waals surface area contributed by atoms with Crippen LogP contribution < -0.4 is 5.32 Å². The molecule has 4 heteroatoms. The van der Waals surface area contributed by atoms with Gasteiger partial charge in [0.15, 0.2) is 6.29 Å². The summed E-state index contributed by atoms with van der Waals surface area (Å²) in [4.78, 5) is 4.20. The predicted molar refractivity (Wildman–Crippen MR) is 67.8 cm³/mol. The fraction of sp³-hybridized carbons (Fsp3) is 0.615. The molecule has 1 unspecified atom stereocenters. The first-order chi connectivity index (χ1) is 8.22. The van der Waals surface area contributed by atoms with Gasteiger partial charge in [-0.3, -0.25) is 4.98 Å². The SMILES string of the molecule is CCOC(OCC)C(NC)c1cncc(C)c1. The number of aromatic nitrogens is 1. The molecule has 96 valence electrons. The van der Waals surface area contributed by atoms with E-state index in [1.54, 1.807) is 0 Å². The summed E-state index contributed by atoms with van der Waals surface area (Å²) in [5.74, 6) is 0. The third-order valence-corrected chi connectivity index (χ3v) is 2.50. The van der Waals surface area contributed by atoms with Gasteiger partial charge in [0.25, 0.3) is 0 Å². The zero-order chi connectivity index (χ0) is 12.7. The average molecular weight is 238 g/mol. The highest BCUT2D eigenvalue weighted by molar-refractivity contribution is 5.20. The van der Waals surface area contributed by atoms with E-state index in [-0.39, 0.29) is 12.3 Å². The van der Waals surface area contributed by atoms with Crippen molar-refractivity contribution >= 4 is 0 Å². The van der Waals surface area contributed by atoms with E-state index in [9.17, 15) is 0 Å². The Morgan fingerprint density at radius 2 is 1.88 bits per heavy atom. The highest BCUT2D eigenvalue weighted by Crippen LogP contribution is 2.20. The highest BCUT2D eigenvalue weighted by atomic mass is 16.7. The minimum absolute atomic E-state index is 0.00213. The second-order valence-electron chi connectivity index (χ2n) is 3.84. The Morgan fingerprint density at radius 3 is 2.35 bits per heavy atom. The first-order valence-electron chi connectivity index (χ1n) is 6.04. The zero-order valence-electron chi connectivity index (χ0n) is 11.1. The van der Waals surface area contributed by atoms with Gasteiger partial charge in [-0.15, -0.1) is 0 Å². The van der Waals surface area contributed by atoms with Crippen LogP contribution in [0.3, 0.4) is 0 Å². The molecule has 4 nitrogen and oxygen atoms in total. The van der Waals surface area contributed by atoms with E-state index in [0.29, 0.717) is 13.2 Å². The Bertz CT molecular complexity index is 325. The van der Waals surface area contributed by atoms with Crippen molar-refractivity contribution in [1.82, 2.24) is 10.3 Å². The fourth-order valence-electron chi connectivity index (χ4n) is 1.78. The van der Waals surface area contributed by atoms with Gasteiger partial charge >= 0.3 is 0 Å². The van der Waals surface area contributed by atoms with Crippen LogP contribution in [0.4, 0.5) is 0 Å². The number of hydrogen-bond donors (Lipinski definition) is 1. The number of likely N-dealkylation sites (N-methyl/N-ethyl adjacent to an activating group) is 1. The van der Waals surface area contributed by atoms with E-state index in [1.807, 2.05) is 40.2 Å². The van der Waals surface area contributed by atoms with Crippen LogP contribution >= 0.6 is 0 Å². The number of rotatable bonds is 7. The maximum atomic E-state index is 5.62. The van der Waals surface area contributed by atoms with Gasteiger partial charge in [0, 0.05) is 25.6 Å². The van der Waals surface area contributed by atoms with E-state index in [2.05, 4.69) is 16.4 Å². The van der Waals surface area contributed by atoms with Crippen molar-refractivity contribution in [2.45, 2.75) is 33.1 Å². The molecule has 0 aromatic carbocycles. The second-order valence-corrected chi connectivity index (χ2v) is 3.84. The van der Waals surface area contributed by atoms with Crippen LogP contribution in [-0.2, 0) is 9.47 Å². The monoisotopic (exact) mass is 238 g/mol. The molecule has 0 saturated heterocycles. The predicted octanol–water partition coefficient (Wildman–Crippen LogP) is 2.05. The Kier molecular flexibility index (Phi) is 6.11. The quantitative estimate of drug-likeness (QED) is 0.738. The topological polar surface area (TPSA) is 43.4 Å². The summed E-state index contributed by atoms with van der Waals surface area (Å²) in [6.07, 6.45) is 3.41. The van der Waals surface area contributed by atoms with Crippen LogP contribution in [0.5, 0.6) is 0 Å². The van der Waals surface area contributed by atoms with Gasteiger partial charge in [0.1, 0.15) is 0 Å². The molecule has 0 saturated carbocycles. The third kappa shape index (κ3) is 4.07. The van der Waals surface area contributed by atoms with Crippen molar-refractivity contribution in [1.29, 1.82) is 0 Å². The molecule has 0 bridgehead atoms. The molecular formula is C13H22N2O2. The lowest BCUT2D eigenvalue weighted by Crippen LogP contribution is -2.34. The molecule has 1 aromatic rings. The molecular weight excluding hydrogens is 216 g/mol. The summed E-state index contributed by atoms with van der Waals surface area (Å²) in [6, 6.07) is 2.10. The van der Waals surface area contributed by atoms with Gasteiger partial charge in [-0.2, -0.15) is 0 Å². The van der Waals surface area contributed by atoms with Crippen molar-refractivity contribution < 1.29 is 9.47 Å². The van der Waals surface area contributed by atoms with Crippen molar-refractivity contribution in [3.05, 3.63) is 29.6 Å². The van der Waals surface area contributed by atoms with Gasteiger partial charge in [-0.05, 0) is 38.9 Å². The van der Waals surface area contributed by atoms with Crippen LogP contribution in [0.15, 0.2) is 18.5 Å². The van der Waals surface area contributed by atoms with Crippen molar-refractivity contribution in [3.8, 4) is 0 Å². The molecule has 0 aliphatic carbocycles. The molecule has 1 atom stereocenters. The molecule has 0 spiro atoms. The number of ether oxygens (including phenoxy) is 2. The Hall–Kier alpha value is -0.970. The van der Waals surface area contributed by atoms with E-state index in [1.165, 1.54) is 0 Å². The Labute approximate surface area is 103 Å². The normalized spacial score (nSPS) is 13.0. The lowest BCUT2D eigenvalue weighted by molar-refractivity contribution is -0.154. The van der Waals surface area contributed by atoms with E-state index >= 15 is 0 Å². The smallest absolute Gasteiger partial charge is 0.176 e. The van der Waals surface area contributed by atoms with E-state index < -0.39 is 0 Å². The van der Waals surface area contributed by atoms with Crippen molar-refractivity contribution in [2.75, 3.05) is 20.3 Å². The standard InChI is InChI=1S/C13H22N2O2/c1-5-16-13(17-6-2)12(14-4)11-7-10(3)8-15-9-11/h7-9,12-14H,5-6H2,1-4H3. The molecule has 1 heterocycles. The number of pyridine rings is 1. The summed E-state index contributed by atoms with van der Waals surface area (Å²) >= 11 is 0. The van der Waals surface area contributed by atoms with Gasteiger partial charge < -0.3 is 14.8 Å².